The Bertz CT molecular complexity index is 436. The molecule has 112 valence electrons. The predicted molar refractivity (Wildman–Crippen MR) is 84.4 cm³/mol. The number of rotatable bonds is 4. The summed E-state index contributed by atoms with van der Waals surface area (Å²) in [7, 11) is 4.33. The summed E-state index contributed by atoms with van der Waals surface area (Å²) in [6.07, 6.45) is 7.53. The van der Waals surface area contributed by atoms with E-state index in [4.69, 9.17) is 11.5 Å². The first kappa shape index (κ1) is 15.3. The van der Waals surface area contributed by atoms with Gasteiger partial charge >= 0.3 is 0 Å². The Morgan fingerprint density at radius 3 is 2.60 bits per heavy atom. The second kappa shape index (κ2) is 6.10. The van der Waals surface area contributed by atoms with Crippen molar-refractivity contribution in [1.82, 2.24) is 9.88 Å². The lowest BCUT2D eigenvalue weighted by atomic mass is 9.71. The highest BCUT2D eigenvalue weighted by atomic mass is 15.2. The van der Waals surface area contributed by atoms with Gasteiger partial charge in [-0.3, -0.25) is 0 Å². The lowest BCUT2D eigenvalue weighted by molar-refractivity contribution is 0.0568. The molecule has 1 unspecified atom stereocenters. The highest BCUT2D eigenvalue weighted by Crippen LogP contribution is 2.38. The summed E-state index contributed by atoms with van der Waals surface area (Å²) in [6, 6.07) is 4.09. The Kier molecular flexibility index (Phi) is 4.66. The molecule has 4 nitrogen and oxygen atoms in total. The first-order valence-electron chi connectivity index (χ1n) is 7.57. The van der Waals surface area contributed by atoms with Crippen molar-refractivity contribution in [2.75, 3.05) is 19.8 Å². The maximum Gasteiger partial charge on any atom is 0.123 e. The Labute approximate surface area is 122 Å². The van der Waals surface area contributed by atoms with Crippen LogP contribution in [0.3, 0.4) is 0 Å². The van der Waals surface area contributed by atoms with Crippen LogP contribution in [-0.4, -0.2) is 35.6 Å². The number of anilines is 1. The minimum absolute atomic E-state index is 0.116. The lowest BCUT2D eigenvalue weighted by Crippen LogP contribution is -2.59. The molecule has 1 aromatic heterocycles. The van der Waals surface area contributed by atoms with E-state index in [-0.39, 0.29) is 11.6 Å². The second-order valence-corrected chi connectivity index (χ2v) is 6.58. The van der Waals surface area contributed by atoms with Crippen molar-refractivity contribution in [2.24, 2.45) is 11.7 Å². The molecule has 0 saturated heterocycles. The van der Waals surface area contributed by atoms with E-state index >= 15 is 0 Å². The SMILES string of the molecule is CC1CCC(C(N)Cc2ccnc(N)c2)(N(C)C)CC1. The van der Waals surface area contributed by atoms with E-state index in [1.807, 2.05) is 12.1 Å². The van der Waals surface area contributed by atoms with Crippen LogP contribution < -0.4 is 11.5 Å². The fourth-order valence-electron chi connectivity index (χ4n) is 3.48. The Morgan fingerprint density at radius 1 is 1.40 bits per heavy atom. The molecule has 1 aromatic rings. The summed E-state index contributed by atoms with van der Waals surface area (Å²) in [4.78, 5) is 6.39. The predicted octanol–water partition coefficient (Wildman–Crippen LogP) is 2.04. The van der Waals surface area contributed by atoms with Crippen molar-refractivity contribution >= 4 is 5.82 Å². The summed E-state index contributed by atoms with van der Waals surface area (Å²) in [5.41, 5.74) is 13.7. The van der Waals surface area contributed by atoms with E-state index in [0.29, 0.717) is 5.82 Å². The quantitative estimate of drug-likeness (QED) is 0.883. The maximum atomic E-state index is 6.61. The van der Waals surface area contributed by atoms with Gasteiger partial charge in [-0.25, -0.2) is 4.98 Å². The van der Waals surface area contributed by atoms with E-state index in [9.17, 15) is 0 Å². The smallest absolute Gasteiger partial charge is 0.123 e. The fourth-order valence-corrected chi connectivity index (χ4v) is 3.48. The van der Waals surface area contributed by atoms with Crippen LogP contribution in [0.2, 0.25) is 0 Å². The van der Waals surface area contributed by atoms with Gasteiger partial charge in [0.15, 0.2) is 0 Å². The molecule has 0 bridgehead atoms. The number of likely N-dealkylation sites (N-methyl/N-ethyl adjacent to an activating group) is 1. The molecule has 0 amide bonds. The molecule has 1 aliphatic rings. The van der Waals surface area contributed by atoms with Crippen LogP contribution in [0.1, 0.15) is 38.2 Å². The van der Waals surface area contributed by atoms with Crippen LogP contribution in [0.5, 0.6) is 0 Å². The molecule has 0 aliphatic heterocycles. The van der Waals surface area contributed by atoms with Crippen molar-refractivity contribution in [1.29, 1.82) is 0 Å². The van der Waals surface area contributed by atoms with Crippen molar-refractivity contribution in [3.05, 3.63) is 23.9 Å². The molecule has 1 aliphatic carbocycles. The molecule has 2 rings (SSSR count). The van der Waals surface area contributed by atoms with Gasteiger partial charge in [-0.15, -0.1) is 0 Å². The molecular weight excluding hydrogens is 248 g/mol. The molecule has 1 heterocycles. The van der Waals surface area contributed by atoms with E-state index in [1.54, 1.807) is 6.20 Å². The van der Waals surface area contributed by atoms with Gasteiger partial charge in [-0.05, 0) is 69.8 Å². The Morgan fingerprint density at radius 2 is 2.05 bits per heavy atom. The third-order valence-corrected chi connectivity index (χ3v) is 5.02. The third-order valence-electron chi connectivity index (χ3n) is 5.02. The van der Waals surface area contributed by atoms with Crippen molar-refractivity contribution in [3.63, 3.8) is 0 Å². The summed E-state index contributed by atoms with van der Waals surface area (Å²) in [6.45, 7) is 2.34. The first-order chi connectivity index (χ1) is 9.44. The van der Waals surface area contributed by atoms with E-state index in [1.165, 1.54) is 31.2 Å². The molecule has 1 saturated carbocycles. The summed E-state index contributed by atoms with van der Waals surface area (Å²) >= 11 is 0. The van der Waals surface area contributed by atoms with Crippen molar-refractivity contribution < 1.29 is 0 Å². The normalized spacial score (nSPS) is 28.6. The molecule has 1 atom stereocenters. The maximum absolute atomic E-state index is 6.61. The largest absolute Gasteiger partial charge is 0.384 e. The Hall–Kier alpha value is -1.13. The number of aromatic nitrogens is 1. The minimum atomic E-state index is 0.116. The summed E-state index contributed by atoms with van der Waals surface area (Å²) in [5.74, 6) is 1.40. The van der Waals surface area contributed by atoms with Gasteiger partial charge in [0.1, 0.15) is 5.82 Å². The van der Waals surface area contributed by atoms with Crippen molar-refractivity contribution in [3.8, 4) is 0 Å². The van der Waals surface area contributed by atoms with Gasteiger partial charge in [0.05, 0.1) is 0 Å². The average Bonchev–Trinajstić information content (AvgIpc) is 2.39. The third kappa shape index (κ3) is 3.13. The molecular formula is C16H28N4. The Balaban J connectivity index is 2.13. The average molecular weight is 276 g/mol. The molecule has 0 spiro atoms. The summed E-state index contributed by atoms with van der Waals surface area (Å²) < 4.78 is 0. The van der Waals surface area contributed by atoms with Crippen LogP contribution in [0.25, 0.3) is 0 Å². The van der Waals surface area contributed by atoms with Gasteiger partial charge in [0, 0.05) is 17.8 Å². The van der Waals surface area contributed by atoms with Crippen LogP contribution in [0.4, 0.5) is 5.82 Å². The fraction of sp³-hybridized carbons (Fsp3) is 0.688. The van der Waals surface area contributed by atoms with Gasteiger partial charge < -0.3 is 16.4 Å². The monoisotopic (exact) mass is 276 g/mol. The molecule has 4 N–H and O–H groups in total. The number of nitrogens with two attached hydrogens (primary N) is 2. The van der Waals surface area contributed by atoms with Crippen LogP contribution >= 0.6 is 0 Å². The molecule has 1 fully saturated rings. The van der Waals surface area contributed by atoms with Crippen LogP contribution in [0.15, 0.2) is 18.3 Å². The van der Waals surface area contributed by atoms with E-state index in [2.05, 4.69) is 30.9 Å². The van der Waals surface area contributed by atoms with Gasteiger partial charge in [-0.2, -0.15) is 0 Å². The summed E-state index contributed by atoms with van der Waals surface area (Å²) in [5, 5.41) is 0. The van der Waals surface area contributed by atoms with E-state index < -0.39 is 0 Å². The van der Waals surface area contributed by atoms with E-state index in [0.717, 1.165) is 12.3 Å². The number of pyridine rings is 1. The highest BCUT2D eigenvalue weighted by molar-refractivity contribution is 5.32. The number of nitrogens with zero attached hydrogens (tertiary/aromatic N) is 2. The topological polar surface area (TPSA) is 68.2 Å². The zero-order valence-corrected chi connectivity index (χ0v) is 13.0. The van der Waals surface area contributed by atoms with Gasteiger partial charge in [0.25, 0.3) is 0 Å². The number of hydrogen-bond acceptors (Lipinski definition) is 4. The van der Waals surface area contributed by atoms with Crippen LogP contribution in [0, 0.1) is 5.92 Å². The van der Waals surface area contributed by atoms with Gasteiger partial charge in [-0.1, -0.05) is 6.92 Å². The first-order valence-corrected chi connectivity index (χ1v) is 7.57. The minimum Gasteiger partial charge on any atom is -0.384 e. The van der Waals surface area contributed by atoms with Gasteiger partial charge in [0.2, 0.25) is 0 Å². The molecule has 0 aromatic carbocycles. The van der Waals surface area contributed by atoms with Crippen molar-refractivity contribution in [2.45, 2.75) is 50.6 Å². The second-order valence-electron chi connectivity index (χ2n) is 6.58. The highest BCUT2D eigenvalue weighted by Gasteiger charge is 2.41. The number of nitrogen functional groups attached to an aromatic ring is 1. The zero-order valence-electron chi connectivity index (χ0n) is 13.0. The molecule has 4 heteroatoms. The number of hydrogen-bond donors (Lipinski definition) is 2. The molecule has 0 radical (unpaired) electrons. The standard InChI is InChI=1S/C16H28N4/c1-12-4-7-16(8-5-12,20(2)3)14(17)10-13-6-9-19-15(18)11-13/h6,9,11-12,14H,4-5,7-8,10,17H2,1-3H3,(H2,18,19). The lowest BCUT2D eigenvalue weighted by Gasteiger charge is -2.48. The van der Waals surface area contributed by atoms with Crippen LogP contribution in [-0.2, 0) is 6.42 Å². The zero-order chi connectivity index (χ0) is 14.8. The molecule has 20 heavy (non-hydrogen) atoms.